The molecule has 2 aromatic heterocycles. The Hall–Kier alpha value is -1.73. The molecule has 0 saturated heterocycles. The van der Waals surface area contributed by atoms with Gasteiger partial charge in [-0.3, -0.25) is 0 Å². The maximum Gasteiger partial charge on any atom is 0.148 e. The van der Waals surface area contributed by atoms with Gasteiger partial charge >= 0.3 is 0 Å². The van der Waals surface area contributed by atoms with E-state index in [4.69, 9.17) is 5.84 Å². The normalized spacial score (nSPS) is 12.2. The lowest BCUT2D eigenvalue weighted by Gasteiger charge is -2.14. The van der Waals surface area contributed by atoms with Crippen molar-refractivity contribution in [1.82, 2.24) is 15.0 Å². The summed E-state index contributed by atoms with van der Waals surface area (Å²) in [6, 6.07) is 0.106. The van der Waals surface area contributed by atoms with Gasteiger partial charge in [-0.2, -0.15) is 0 Å². The van der Waals surface area contributed by atoms with Crippen molar-refractivity contribution in [3.63, 3.8) is 0 Å². The fourth-order valence-electron chi connectivity index (χ4n) is 1.46. The van der Waals surface area contributed by atoms with Crippen LogP contribution in [0.3, 0.4) is 0 Å². The van der Waals surface area contributed by atoms with E-state index in [0.717, 1.165) is 16.4 Å². The molecule has 0 amide bonds. The average molecular weight is 250 g/mol. The number of thiazole rings is 1. The van der Waals surface area contributed by atoms with Crippen LogP contribution in [-0.4, -0.2) is 15.0 Å². The van der Waals surface area contributed by atoms with E-state index >= 15 is 0 Å². The standard InChI is InChI=1S/C10H14N6S/c1-6-8(13-5-14-9(6)16-11)15-7(2)10-12-3-4-17-10/h3-5,7H,11H2,1-2H3,(H2,13,14,15,16). The van der Waals surface area contributed by atoms with E-state index in [1.54, 1.807) is 17.5 Å². The first-order chi connectivity index (χ1) is 8.22. The Morgan fingerprint density at radius 1 is 1.29 bits per heavy atom. The minimum Gasteiger partial charge on any atom is -0.361 e. The van der Waals surface area contributed by atoms with Gasteiger partial charge in [-0.1, -0.05) is 0 Å². The number of nitrogens with one attached hydrogen (secondary N) is 2. The van der Waals surface area contributed by atoms with Gasteiger partial charge in [0.2, 0.25) is 0 Å². The van der Waals surface area contributed by atoms with Crippen molar-refractivity contribution in [2.24, 2.45) is 5.84 Å². The summed E-state index contributed by atoms with van der Waals surface area (Å²) in [5, 5.41) is 6.26. The smallest absolute Gasteiger partial charge is 0.148 e. The summed E-state index contributed by atoms with van der Waals surface area (Å²) in [4.78, 5) is 12.5. The van der Waals surface area contributed by atoms with Gasteiger partial charge in [-0.25, -0.2) is 20.8 Å². The van der Waals surface area contributed by atoms with E-state index in [9.17, 15) is 0 Å². The molecule has 7 heteroatoms. The zero-order valence-corrected chi connectivity index (χ0v) is 10.5. The fraction of sp³-hybridized carbons (Fsp3) is 0.300. The number of anilines is 2. The summed E-state index contributed by atoms with van der Waals surface area (Å²) in [5.74, 6) is 6.75. The van der Waals surface area contributed by atoms with E-state index < -0.39 is 0 Å². The van der Waals surface area contributed by atoms with E-state index in [0.29, 0.717) is 5.82 Å². The molecule has 0 spiro atoms. The highest BCUT2D eigenvalue weighted by Gasteiger charge is 2.11. The summed E-state index contributed by atoms with van der Waals surface area (Å²) >= 11 is 1.61. The van der Waals surface area contributed by atoms with Gasteiger partial charge in [0.15, 0.2) is 0 Å². The topological polar surface area (TPSA) is 88.8 Å². The van der Waals surface area contributed by atoms with Crippen molar-refractivity contribution in [1.29, 1.82) is 0 Å². The Balaban J connectivity index is 2.19. The highest BCUT2D eigenvalue weighted by Crippen LogP contribution is 2.23. The van der Waals surface area contributed by atoms with Gasteiger partial charge in [0, 0.05) is 17.1 Å². The van der Waals surface area contributed by atoms with Gasteiger partial charge in [-0.15, -0.1) is 11.3 Å². The molecule has 0 aliphatic heterocycles. The number of nitrogens with two attached hydrogens (primary N) is 1. The number of hydrogen-bond donors (Lipinski definition) is 3. The quantitative estimate of drug-likeness (QED) is 0.565. The number of rotatable bonds is 4. The largest absolute Gasteiger partial charge is 0.361 e. The van der Waals surface area contributed by atoms with Gasteiger partial charge in [0.05, 0.1) is 6.04 Å². The second-order valence-corrected chi connectivity index (χ2v) is 4.50. The minimum absolute atomic E-state index is 0.106. The van der Waals surface area contributed by atoms with Crippen LogP contribution in [-0.2, 0) is 0 Å². The number of hydrogen-bond acceptors (Lipinski definition) is 7. The molecule has 0 bridgehead atoms. The third kappa shape index (κ3) is 2.51. The zero-order chi connectivity index (χ0) is 12.3. The highest BCUT2D eigenvalue weighted by molar-refractivity contribution is 7.09. The Morgan fingerprint density at radius 3 is 2.71 bits per heavy atom. The third-order valence-corrected chi connectivity index (χ3v) is 3.35. The van der Waals surface area contributed by atoms with Crippen molar-refractivity contribution >= 4 is 23.0 Å². The highest BCUT2D eigenvalue weighted by atomic mass is 32.1. The molecule has 17 heavy (non-hydrogen) atoms. The number of aromatic nitrogens is 3. The van der Waals surface area contributed by atoms with Crippen LogP contribution in [0, 0.1) is 6.92 Å². The van der Waals surface area contributed by atoms with Crippen LogP contribution >= 0.6 is 11.3 Å². The molecular formula is C10H14N6S. The second-order valence-electron chi connectivity index (χ2n) is 3.58. The summed E-state index contributed by atoms with van der Waals surface area (Å²) in [6.45, 7) is 3.95. The van der Waals surface area contributed by atoms with E-state index in [1.807, 2.05) is 19.2 Å². The molecule has 0 aliphatic rings. The third-order valence-electron chi connectivity index (χ3n) is 2.40. The Kier molecular flexibility index (Phi) is 3.50. The summed E-state index contributed by atoms with van der Waals surface area (Å²) < 4.78 is 0. The first-order valence-corrected chi connectivity index (χ1v) is 6.04. The maximum atomic E-state index is 5.37. The van der Waals surface area contributed by atoms with Crippen molar-refractivity contribution in [2.75, 3.05) is 10.7 Å². The first kappa shape index (κ1) is 11.7. The van der Waals surface area contributed by atoms with E-state index in [1.165, 1.54) is 6.33 Å². The van der Waals surface area contributed by atoms with Gasteiger partial charge in [0.1, 0.15) is 23.0 Å². The van der Waals surface area contributed by atoms with Crippen molar-refractivity contribution in [2.45, 2.75) is 19.9 Å². The second kappa shape index (κ2) is 5.07. The first-order valence-electron chi connectivity index (χ1n) is 5.16. The summed E-state index contributed by atoms with van der Waals surface area (Å²) in [6.07, 6.45) is 3.26. The predicted octanol–water partition coefficient (Wildman–Crippen LogP) is 1.70. The zero-order valence-electron chi connectivity index (χ0n) is 9.64. The molecule has 1 atom stereocenters. The molecule has 2 aromatic rings. The lowest BCUT2D eigenvalue weighted by Crippen LogP contribution is -2.14. The van der Waals surface area contributed by atoms with Crippen molar-refractivity contribution in [3.8, 4) is 0 Å². The molecule has 0 aromatic carbocycles. The van der Waals surface area contributed by atoms with E-state index in [2.05, 4.69) is 25.7 Å². The molecule has 0 aliphatic carbocycles. The maximum absolute atomic E-state index is 5.37. The molecular weight excluding hydrogens is 236 g/mol. The van der Waals surface area contributed by atoms with Crippen LogP contribution in [0.1, 0.15) is 23.5 Å². The SMILES string of the molecule is Cc1c(NN)ncnc1NC(C)c1nccs1. The van der Waals surface area contributed by atoms with Crippen LogP contribution in [0.4, 0.5) is 11.6 Å². The molecule has 4 N–H and O–H groups in total. The van der Waals surface area contributed by atoms with Crippen LogP contribution in [0.25, 0.3) is 0 Å². The van der Waals surface area contributed by atoms with Crippen LogP contribution in [0.15, 0.2) is 17.9 Å². The Bertz CT molecular complexity index is 484. The molecule has 90 valence electrons. The summed E-state index contributed by atoms with van der Waals surface area (Å²) in [7, 11) is 0. The van der Waals surface area contributed by atoms with Gasteiger partial charge in [0.25, 0.3) is 0 Å². The fourth-order valence-corrected chi connectivity index (χ4v) is 2.10. The number of nitrogen functional groups attached to an aromatic ring is 1. The Labute approximate surface area is 103 Å². The van der Waals surface area contributed by atoms with Crippen molar-refractivity contribution in [3.05, 3.63) is 28.5 Å². The molecule has 0 fully saturated rings. The monoisotopic (exact) mass is 250 g/mol. The summed E-state index contributed by atoms with van der Waals surface area (Å²) in [5.41, 5.74) is 3.43. The molecule has 2 rings (SSSR count). The van der Waals surface area contributed by atoms with Crippen LogP contribution in [0.5, 0.6) is 0 Å². The van der Waals surface area contributed by atoms with Gasteiger partial charge < -0.3 is 10.7 Å². The van der Waals surface area contributed by atoms with Gasteiger partial charge in [-0.05, 0) is 13.8 Å². The van der Waals surface area contributed by atoms with E-state index in [-0.39, 0.29) is 6.04 Å². The lowest BCUT2D eigenvalue weighted by atomic mass is 10.3. The molecule has 6 nitrogen and oxygen atoms in total. The number of hydrazine groups is 1. The minimum atomic E-state index is 0.106. The Morgan fingerprint density at radius 2 is 2.06 bits per heavy atom. The molecule has 0 radical (unpaired) electrons. The number of nitrogens with zero attached hydrogens (tertiary/aromatic N) is 3. The molecule has 1 unspecified atom stereocenters. The lowest BCUT2D eigenvalue weighted by molar-refractivity contribution is 0.855. The molecule has 0 saturated carbocycles. The molecule has 2 heterocycles. The van der Waals surface area contributed by atoms with Crippen LogP contribution < -0.4 is 16.6 Å². The van der Waals surface area contributed by atoms with Crippen LogP contribution in [0.2, 0.25) is 0 Å². The predicted molar refractivity (Wildman–Crippen MR) is 68.7 cm³/mol. The average Bonchev–Trinajstić information content (AvgIpc) is 2.85. The van der Waals surface area contributed by atoms with Crippen molar-refractivity contribution < 1.29 is 0 Å².